The zero-order valence-corrected chi connectivity index (χ0v) is 11.2. The molecule has 0 aliphatic heterocycles. The van der Waals surface area contributed by atoms with Crippen molar-refractivity contribution in [2.75, 3.05) is 18.0 Å². The lowest BCUT2D eigenvalue weighted by atomic mass is 9.85. The molecule has 1 aliphatic carbocycles. The molecule has 1 atom stereocenters. The lowest BCUT2D eigenvalue weighted by Gasteiger charge is -2.34. The Morgan fingerprint density at radius 1 is 1.44 bits per heavy atom. The Kier molecular flexibility index (Phi) is 4.23. The van der Waals surface area contributed by atoms with Gasteiger partial charge in [-0.15, -0.1) is 0 Å². The van der Waals surface area contributed by atoms with Crippen LogP contribution in [0.25, 0.3) is 0 Å². The van der Waals surface area contributed by atoms with E-state index in [0.717, 1.165) is 24.7 Å². The first-order chi connectivity index (χ1) is 8.61. The summed E-state index contributed by atoms with van der Waals surface area (Å²) in [6.07, 6.45) is 3.28. The fraction of sp³-hybridized carbons (Fsp3) is 0.600. The van der Waals surface area contributed by atoms with Crippen molar-refractivity contribution in [3.05, 3.63) is 29.6 Å². The van der Waals surface area contributed by atoms with Crippen molar-refractivity contribution >= 4 is 5.69 Å². The number of nitrogens with zero attached hydrogens (tertiary/aromatic N) is 1. The van der Waals surface area contributed by atoms with Gasteiger partial charge < -0.3 is 10.0 Å². The third-order valence-corrected chi connectivity index (χ3v) is 3.87. The number of benzene rings is 1. The van der Waals surface area contributed by atoms with Crippen LogP contribution in [-0.4, -0.2) is 18.2 Å². The van der Waals surface area contributed by atoms with Crippen molar-refractivity contribution in [3.8, 4) is 0 Å². The van der Waals surface area contributed by atoms with Crippen LogP contribution in [0.2, 0.25) is 0 Å². The molecule has 1 aromatic rings. The monoisotopic (exact) mass is 251 g/mol. The van der Waals surface area contributed by atoms with E-state index < -0.39 is 6.10 Å². The van der Waals surface area contributed by atoms with E-state index >= 15 is 0 Å². The fourth-order valence-corrected chi connectivity index (χ4v) is 2.53. The van der Waals surface area contributed by atoms with Crippen molar-refractivity contribution in [3.63, 3.8) is 0 Å². The maximum absolute atomic E-state index is 13.3. The number of aliphatic hydroxyl groups excluding tert-OH is 1. The number of rotatable bonds is 5. The van der Waals surface area contributed by atoms with Crippen LogP contribution in [0.1, 0.15) is 44.8 Å². The van der Waals surface area contributed by atoms with Crippen LogP contribution in [0, 0.1) is 11.7 Å². The first-order valence-electron chi connectivity index (χ1n) is 6.84. The van der Waals surface area contributed by atoms with Gasteiger partial charge in [0.15, 0.2) is 0 Å². The summed E-state index contributed by atoms with van der Waals surface area (Å²) in [4.78, 5) is 2.26. The van der Waals surface area contributed by atoms with E-state index in [1.54, 1.807) is 13.0 Å². The molecular formula is C15H22FNO. The third-order valence-electron chi connectivity index (χ3n) is 3.87. The van der Waals surface area contributed by atoms with Gasteiger partial charge in [-0.2, -0.15) is 0 Å². The summed E-state index contributed by atoms with van der Waals surface area (Å²) >= 11 is 0. The Morgan fingerprint density at radius 3 is 2.67 bits per heavy atom. The third kappa shape index (κ3) is 2.83. The fourth-order valence-electron chi connectivity index (χ4n) is 2.53. The molecule has 0 bridgehead atoms. The molecule has 1 aromatic carbocycles. The van der Waals surface area contributed by atoms with Gasteiger partial charge >= 0.3 is 0 Å². The van der Waals surface area contributed by atoms with Crippen LogP contribution in [0.15, 0.2) is 18.2 Å². The van der Waals surface area contributed by atoms with E-state index in [2.05, 4.69) is 11.8 Å². The number of halogens is 1. The van der Waals surface area contributed by atoms with Crippen LogP contribution < -0.4 is 4.90 Å². The first kappa shape index (κ1) is 13.3. The molecule has 0 unspecified atom stereocenters. The number of aliphatic hydroxyl groups is 1. The molecule has 3 heteroatoms. The van der Waals surface area contributed by atoms with Crippen LogP contribution >= 0.6 is 0 Å². The highest BCUT2D eigenvalue weighted by molar-refractivity contribution is 5.54. The van der Waals surface area contributed by atoms with Gasteiger partial charge in [0.25, 0.3) is 0 Å². The summed E-state index contributed by atoms with van der Waals surface area (Å²) in [6.45, 7) is 5.70. The maximum atomic E-state index is 13.3. The first-order valence-corrected chi connectivity index (χ1v) is 6.84. The van der Waals surface area contributed by atoms with Crippen LogP contribution in [0.4, 0.5) is 10.1 Å². The second kappa shape index (κ2) is 5.70. The molecule has 1 fully saturated rings. The highest BCUT2D eigenvalue weighted by Gasteiger charge is 2.22. The molecule has 0 radical (unpaired) electrons. The minimum Gasteiger partial charge on any atom is -0.389 e. The molecule has 0 amide bonds. The summed E-state index contributed by atoms with van der Waals surface area (Å²) in [5, 5.41) is 9.79. The van der Waals surface area contributed by atoms with Crippen LogP contribution in [0.3, 0.4) is 0 Å². The normalized spacial score (nSPS) is 17.3. The van der Waals surface area contributed by atoms with E-state index in [1.807, 2.05) is 0 Å². The highest BCUT2D eigenvalue weighted by atomic mass is 19.1. The van der Waals surface area contributed by atoms with Crippen LogP contribution in [-0.2, 0) is 0 Å². The van der Waals surface area contributed by atoms with Gasteiger partial charge in [-0.25, -0.2) is 4.39 Å². The van der Waals surface area contributed by atoms with Crippen molar-refractivity contribution in [2.45, 2.75) is 39.2 Å². The summed E-state index contributed by atoms with van der Waals surface area (Å²) in [7, 11) is 0. The molecule has 2 nitrogen and oxygen atoms in total. The SMILES string of the molecule is CCN(CC1CCC1)c1ccc(F)cc1[C@H](C)O. The number of anilines is 1. The summed E-state index contributed by atoms with van der Waals surface area (Å²) in [6, 6.07) is 4.72. The average molecular weight is 251 g/mol. The van der Waals surface area contributed by atoms with E-state index in [4.69, 9.17) is 0 Å². The van der Waals surface area contributed by atoms with E-state index in [1.165, 1.54) is 31.4 Å². The van der Waals surface area contributed by atoms with Crippen molar-refractivity contribution < 1.29 is 9.50 Å². The average Bonchev–Trinajstić information content (AvgIpc) is 2.28. The molecule has 2 rings (SSSR count). The second-order valence-corrected chi connectivity index (χ2v) is 5.21. The molecule has 0 spiro atoms. The molecule has 1 saturated carbocycles. The molecular weight excluding hydrogens is 229 g/mol. The standard InChI is InChI=1S/C15H22FNO/c1-3-17(10-12-5-4-6-12)15-8-7-13(16)9-14(15)11(2)18/h7-9,11-12,18H,3-6,10H2,1-2H3/t11-/m0/s1. The Morgan fingerprint density at radius 2 is 2.17 bits per heavy atom. The lowest BCUT2D eigenvalue weighted by molar-refractivity contribution is 0.199. The topological polar surface area (TPSA) is 23.5 Å². The largest absolute Gasteiger partial charge is 0.389 e. The predicted octanol–water partition coefficient (Wildman–Crippen LogP) is 3.51. The number of hydrogen-bond acceptors (Lipinski definition) is 2. The van der Waals surface area contributed by atoms with Gasteiger partial charge in [-0.05, 0) is 50.8 Å². The van der Waals surface area contributed by atoms with Gasteiger partial charge in [-0.1, -0.05) is 6.42 Å². The lowest BCUT2D eigenvalue weighted by Crippen LogP contribution is -2.33. The van der Waals surface area contributed by atoms with E-state index in [9.17, 15) is 9.50 Å². The summed E-state index contributed by atoms with van der Waals surface area (Å²) < 4.78 is 13.3. The van der Waals surface area contributed by atoms with Crippen molar-refractivity contribution in [2.24, 2.45) is 5.92 Å². The quantitative estimate of drug-likeness (QED) is 0.865. The highest BCUT2D eigenvalue weighted by Crippen LogP contribution is 2.32. The van der Waals surface area contributed by atoms with Gasteiger partial charge in [0.2, 0.25) is 0 Å². The smallest absolute Gasteiger partial charge is 0.123 e. The minimum absolute atomic E-state index is 0.283. The second-order valence-electron chi connectivity index (χ2n) is 5.21. The van der Waals surface area contributed by atoms with Crippen molar-refractivity contribution in [1.82, 2.24) is 0 Å². The van der Waals surface area contributed by atoms with Gasteiger partial charge in [-0.3, -0.25) is 0 Å². The predicted molar refractivity (Wildman–Crippen MR) is 72.3 cm³/mol. The number of hydrogen-bond donors (Lipinski definition) is 1. The molecule has 100 valence electrons. The molecule has 0 aromatic heterocycles. The molecule has 1 aliphatic rings. The maximum Gasteiger partial charge on any atom is 0.123 e. The Labute approximate surface area is 108 Å². The Hall–Kier alpha value is -1.09. The zero-order valence-electron chi connectivity index (χ0n) is 11.2. The Balaban J connectivity index is 2.22. The van der Waals surface area contributed by atoms with Gasteiger partial charge in [0, 0.05) is 24.3 Å². The van der Waals surface area contributed by atoms with Gasteiger partial charge in [0.05, 0.1) is 6.10 Å². The molecule has 0 heterocycles. The summed E-state index contributed by atoms with van der Waals surface area (Å²) in [5.41, 5.74) is 1.66. The molecule has 18 heavy (non-hydrogen) atoms. The molecule has 0 saturated heterocycles. The zero-order chi connectivity index (χ0) is 13.1. The molecule has 1 N–H and O–H groups in total. The van der Waals surface area contributed by atoms with E-state index in [0.29, 0.717) is 5.56 Å². The van der Waals surface area contributed by atoms with E-state index in [-0.39, 0.29) is 5.82 Å². The summed E-state index contributed by atoms with van der Waals surface area (Å²) in [5.74, 6) is 0.478. The van der Waals surface area contributed by atoms with Gasteiger partial charge in [0.1, 0.15) is 5.82 Å². The van der Waals surface area contributed by atoms with Crippen molar-refractivity contribution in [1.29, 1.82) is 0 Å². The minimum atomic E-state index is -0.633. The van der Waals surface area contributed by atoms with Crippen LogP contribution in [0.5, 0.6) is 0 Å². The Bertz CT molecular complexity index is 401.